The van der Waals surface area contributed by atoms with E-state index in [-0.39, 0.29) is 12.4 Å². The molecule has 108 valence electrons. The number of carbonyl (C=O) groups is 1. The number of halogens is 1. The smallest absolute Gasteiger partial charge is 0.258 e. The monoisotopic (exact) mass is 287 g/mol. The molecule has 1 N–H and O–H groups in total. The van der Waals surface area contributed by atoms with Crippen molar-refractivity contribution in [2.75, 3.05) is 12.1 Å². The van der Waals surface area contributed by atoms with Gasteiger partial charge in [-0.1, -0.05) is 0 Å². The Morgan fingerprint density at radius 2 is 1.81 bits per heavy atom. The molecule has 1 aliphatic heterocycles. The highest BCUT2D eigenvalue weighted by molar-refractivity contribution is 6.04. The van der Waals surface area contributed by atoms with Crippen LogP contribution in [0.5, 0.6) is 11.5 Å². The number of hydrogen-bond acceptors (Lipinski definition) is 3. The van der Waals surface area contributed by atoms with Crippen molar-refractivity contribution in [2.24, 2.45) is 0 Å². The first-order valence-corrected chi connectivity index (χ1v) is 6.52. The maximum atomic E-state index is 13.9. The number of hydrogen-bond donors (Lipinski definition) is 1. The molecule has 2 aromatic carbocycles. The molecule has 4 nitrogen and oxygen atoms in total. The number of carbonyl (C=O) groups excluding carboxylic acids is 1. The highest BCUT2D eigenvalue weighted by Gasteiger charge is 2.17. The Morgan fingerprint density at radius 1 is 1.10 bits per heavy atom. The number of amides is 1. The van der Waals surface area contributed by atoms with Gasteiger partial charge in [-0.25, -0.2) is 4.39 Å². The standard InChI is InChI=1S/C16H14FNO3/c1-9-5-12(13(17)6-10(9)2)16(19)18-11-3-4-14-15(7-11)21-8-20-14/h3-7H,8H2,1-2H3,(H,18,19). The first kappa shape index (κ1) is 13.4. The van der Waals surface area contributed by atoms with E-state index in [1.54, 1.807) is 31.2 Å². The summed E-state index contributed by atoms with van der Waals surface area (Å²) >= 11 is 0. The van der Waals surface area contributed by atoms with Crippen molar-refractivity contribution in [2.45, 2.75) is 13.8 Å². The minimum Gasteiger partial charge on any atom is -0.454 e. The van der Waals surface area contributed by atoms with Gasteiger partial charge in [-0.05, 0) is 49.2 Å². The lowest BCUT2D eigenvalue weighted by Crippen LogP contribution is -2.14. The van der Waals surface area contributed by atoms with Crippen molar-refractivity contribution in [1.29, 1.82) is 0 Å². The van der Waals surface area contributed by atoms with Gasteiger partial charge in [-0.15, -0.1) is 0 Å². The third kappa shape index (κ3) is 2.54. The largest absolute Gasteiger partial charge is 0.454 e. The van der Waals surface area contributed by atoms with E-state index in [0.717, 1.165) is 11.1 Å². The second kappa shape index (κ2) is 5.09. The molecular weight excluding hydrogens is 273 g/mol. The zero-order valence-corrected chi connectivity index (χ0v) is 11.7. The van der Waals surface area contributed by atoms with Crippen molar-refractivity contribution >= 4 is 11.6 Å². The highest BCUT2D eigenvalue weighted by Crippen LogP contribution is 2.34. The van der Waals surface area contributed by atoms with Crippen molar-refractivity contribution in [3.63, 3.8) is 0 Å². The normalized spacial score (nSPS) is 12.3. The quantitative estimate of drug-likeness (QED) is 0.920. The Bertz CT molecular complexity index is 728. The minimum absolute atomic E-state index is 0.0239. The average Bonchev–Trinajstić information content (AvgIpc) is 2.90. The Hall–Kier alpha value is -2.56. The second-order valence-corrected chi connectivity index (χ2v) is 4.94. The Morgan fingerprint density at radius 3 is 2.62 bits per heavy atom. The molecule has 0 saturated heterocycles. The summed E-state index contributed by atoms with van der Waals surface area (Å²) in [6, 6.07) is 7.95. The lowest BCUT2D eigenvalue weighted by molar-refractivity contribution is 0.102. The SMILES string of the molecule is Cc1cc(F)c(C(=O)Nc2ccc3c(c2)OCO3)cc1C. The number of benzene rings is 2. The second-order valence-electron chi connectivity index (χ2n) is 4.94. The van der Waals surface area contributed by atoms with E-state index in [4.69, 9.17) is 9.47 Å². The number of ether oxygens (including phenoxy) is 2. The van der Waals surface area contributed by atoms with Crippen LogP contribution in [-0.4, -0.2) is 12.7 Å². The van der Waals surface area contributed by atoms with Crippen LogP contribution in [0.2, 0.25) is 0 Å². The summed E-state index contributed by atoms with van der Waals surface area (Å²) in [5, 5.41) is 2.66. The number of fused-ring (bicyclic) bond motifs is 1. The van der Waals surface area contributed by atoms with Gasteiger partial charge in [0.25, 0.3) is 5.91 Å². The molecule has 0 saturated carbocycles. The zero-order valence-electron chi connectivity index (χ0n) is 11.7. The van der Waals surface area contributed by atoms with Gasteiger partial charge in [0.2, 0.25) is 6.79 Å². The number of anilines is 1. The van der Waals surface area contributed by atoms with Crippen LogP contribution >= 0.6 is 0 Å². The maximum absolute atomic E-state index is 13.9. The number of nitrogens with one attached hydrogen (secondary N) is 1. The molecule has 0 spiro atoms. The fraction of sp³-hybridized carbons (Fsp3) is 0.188. The predicted molar refractivity (Wildman–Crippen MR) is 76.4 cm³/mol. The number of aryl methyl sites for hydroxylation is 2. The molecule has 2 aromatic rings. The average molecular weight is 287 g/mol. The van der Waals surface area contributed by atoms with Crippen LogP contribution < -0.4 is 14.8 Å². The summed E-state index contributed by atoms with van der Waals surface area (Å²) < 4.78 is 24.3. The molecule has 0 unspecified atom stereocenters. The summed E-state index contributed by atoms with van der Waals surface area (Å²) in [7, 11) is 0. The Kier molecular flexibility index (Phi) is 3.25. The molecule has 0 atom stereocenters. The molecule has 0 aliphatic carbocycles. The van der Waals surface area contributed by atoms with Gasteiger partial charge in [0, 0.05) is 11.8 Å². The van der Waals surface area contributed by atoms with Crippen LogP contribution in [0.4, 0.5) is 10.1 Å². The Labute approximate surface area is 121 Å². The van der Waals surface area contributed by atoms with Gasteiger partial charge < -0.3 is 14.8 Å². The summed E-state index contributed by atoms with van der Waals surface area (Å²) in [6.07, 6.45) is 0. The molecule has 3 rings (SSSR count). The highest BCUT2D eigenvalue weighted by atomic mass is 19.1. The summed E-state index contributed by atoms with van der Waals surface area (Å²) in [5.74, 6) is 0.171. The van der Waals surface area contributed by atoms with Crippen molar-refractivity contribution in [1.82, 2.24) is 0 Å². The number of rotatable bonds is 2. The molecule has 0 radical (unpaired) electrons. The van der Waals surface area contributed by atoms with E-state index in [0.29, 0.717) is 17.2 Å². The van der Waals surface area contributed by atoms with E-state index in [1.807, 2.05) is 6.92 Å². The van der Waals surface area contributed by atoms with Gasteiger partial charge in [-0.3, -0.25) is 4.79 Å². The molecule has 5 heteroatoms. The van der Waals surface area contributed by atoms with Crippen LogP contribution in [0.1, 0.15) is 21.5 Å². The van der Waals surface area contributed by atoms with Crippen LogP contribution in [0, 0.1) is 19.7 Å². The molecule has 1 aliphatic rings. The fourth-order valence-electron chi connectivity index (χ4n) is 2.13. The molecule has 0 aromatic heterocycles. The lowest BCUT2D eigenvalue weighted by Gasteiger charge is -2.09. The fourth-order valence-corrected chi connectivity index (χ4v) is 2.13. The summed E-state index contributed by atoms with van der Waals surface area (Å²) in [6.45, 7) is 3.81. The third-order valence-electron chi connectivity index (χ3n) is 3.46. The van der Waals surface area contributed by atoms with Crippen LogP contribution in [0.25, 0.3) is 0 Å². The molecule has 1 amide bonds. The summed E-state index contributed by atoms with van der Waals surface area (Å²) in [4.78, 5) is 12.2. The molecular formula is C16H14FNO3. The van der Waals surface area contributed by atoms with E-state index in [2.05, 4.69) is 5.32 Å². The maximum Gasteiger partial charge on any atom is 0.258 e. The zero-order chi connectivity index (χ0) is 15.0. The molecule has 0 fully saturated rings. The van der Waals surface area contributed by atoms with Gasteiger partial charge in [0.15, 0.2) is 11.5 Å². The van der Waals surface area contributed by atoms with Crippen LogP contribution in [0.3, 0.4) is 0 Å². The molecule has 1 heterocycles. The van der Waals surface area contributed by atoms with Crippen molar-refractivity contribution < 1.29 is 18.7 Å². The minimum atomic E-state index is -0.531. The van der Waals surface area contributed by atoms with Crippen molar-refractivity contribution in [3.05, 3.63) is 52.8 Å². The third-order valence-corrected chi connectivity index (χ3v) is 3.46. The van der Waals surface area contributed by atoms with Crippen LogP contribution in [0.15, 0.2) is 30.3 Å². The lowest BCUT2D eigenvalue weighted by atomic mass is 10.0. The van der Waals surface area contributed by atoms with Gasteiger partial charge in [-0.2, -0.15) is 0 Å². The van der Waals surface area contributed by atoms with E-state index in [1.165, 1.54) is 6.07 Å². The van der Waals surface area contributed by atoms with E-state index < -0.39 is 11.7 Å². The predicted octanol–water partition coefficient (Wildman–Crippen LogP) is 3.42. The van der Waals surface area contributed by atoms with Crippen LogP contribution in [-0.2, 0) is 0 Å². The topological polar surface area (TPSA) is 47.6 Å². The van der Waals surface area contributed by atoms with Gasteiger partial charge in [0.05, 0.1) is 5.56 Å². The first-order valence-electron chi connectivity index (χ1n) is 6.52. The van der Waals surface area contributed by atoms with E-state index >= 15 is 0 Å². The molecule has 0 bridgehead atoms. The van der Waals surface area contributed by atoms with Crippen molar-refractivity contribution in [3.8, 4) is 11.5 Å². The molecule has 21 heavy (non-hydrogen) atoms. The Balaban J connectivity index is 1.85. The van der Waals surface area contributed by atoms with Gasteiger partial charge >= 0.3 is 0 Å². The van der Waals surface area contributed by atoms with E-state index in [9.17, 15) is 9.18 Å². The first-order chi connectivity index (χ1) is 10.0. The van der Waals surface area contributed by atoms with Gasteiger partial charge in [0.1, 0.15) is 5.82 Å². The summed E-state index contributed by atoms with van der Waals surface area (Å²) in [5.41, 5.74) is 2.23.